The Morgan fingerprint density at radius 3 is 1.84 bits per heavy atom. The Labute approximate surface area is 285 Å². The fraction of sp³-hybridized carbons (Fsp3) is 0. The Morgan fingerprint density at radius 1 is 0.408 bits per heavy atom. The molecule has 3 aromatic heterocycles. The van der Waals surface area contributed by atoms with Gasteiger partial charge in [-0.05, 0) is 50.7 Å². The predicted octanol–water partition coefficient (Wildman–Crippen LogP) is 13.1. The summed E-state index contributed by atoms with van der Waals surface area (Å²) in [5.74, 6) is 0. The van der Waals surface area contributed by atoms with Crippen molar-refractivity contribution in [3.8, 4) is 22.4 Å². The minimum atomic E-state index is 0.984. The zero-order valence-corrected chi connectivity index (χ0v) is 27.1. The maximum Gasteiger partial charge on any atom is 0.0800 e. The Bertz CT molecular complexity index is 3120. The minimum absolute atomic E-state index is 0.984. The van der Waals surface area contributed by atoms with E-state index in [1.165, 1.54) is 74.6 Å². The van der Waals surface area contributed by atoms with Gasteiger partial charge in [0.15, 0.2) is 0 Å². The topological polar surface area (TPSA) is 25.8 Å². The Hall–Kier alpha value is -6.16. The third-order valence-corrected chi connectivity index (χ3v) is 11.5. The molecule has 11 rings (SSSR count). The first kappa shape index (κ1) is 26.9. The van der Waals surface area contributed by atoms with Crippen molar-refractivity contribution in [2.75, 3.05) is 0 Å². The van der Waals surface area contributed by atoms with Crippen LogP contribution in [0.3, 0.4) is 0 Å². The van der Waals surface area contributed by atoms with Crippen LogP contribution < -0.4 is 0 Å². The van der Waals surface area contributed by atoms with E-state index in [9.17, 15) is 0 Å². The zero-order valence-electron chi connectivity index (χ0n) is 26.3. The molecule has 0 atom stereocenters. The van der Waals surface area contributed by atoms with Gasteiger partial charge in [0.25, 0.3) is 0 Å². The first-order valence-electron chi connectivity index (χ1n) is 16.7. The average molecular weight is 639 g/mol. The second kappa shape index (κ2) is 10.2. The molecule has 0 saturated heterocycles. The lowest BCUT2D eigenvalue weighted by Gasteiger charge is -2.20. The summed E-state index contributed by atoms with van der Waals surface area (Å²) in [4.78, 5) is 10.5. The lowest BCUT2D eigenvalue weighted by Crippen LogP contribution is -1.95. The highest BCUT2D eigenvalue weighted by Crippen LogP contribution is 2.49. The molecule has 0 spiro atoms. The van der Waals surface area contributed by atoms with Crippen molar-refractivity contribution >= 4 is 96.4 Å². The van der Waals surface area contributed by atoms with E-state index in [1.807, 2.05) is 23.6 Å². The van der Waals surface area contributed by atoms with Crippen LogP contribution in [0.4, 0.5) is 0 Å². The highest BCUT2D eigenvalue weighted by Gasteiger charge is 2.22. The lowest BCUT2D eigenvalue weighted by atomic mass is 9.85. The normalized spacial score (nSPS) is 12.1. The first-order chi connectivity index (χ1) is 24.3. The van der Waals surface area contributed by atoms with Gasteiger partial charge in [0.05, 0.1) is 16.7 Å². The molecular formula is C46H26N2S. The van der Waals surface area contributed by atoms with Crippen LogP contribution in [0.25, 0.3) is 107 Å². The number of rotatable bonds is 2. The molecule has 0 bridgehead atoms. The van der Waals surface area contributed by atoms with E-state index in [-0.39, 0.29) is 0 Å². The summed E-state index contributed by atoms with van der Waals surface area (Å²) in [6.45, 7) is 0. The van der Waals surface area contributed by atoms with E-state index >= 15 is 0 Å². The molecule has 0 aliphatic heterocycles. The second-order valence-corrected chi connectivity index (χ2v) is 13.9. The number of pyridine rings is 2. The first-order valence-corrected chi connectivity index (χ1v) is 17.5. The number of thiophene rings is 1. The largest absolute Gasteiger partial charge is 0.256 e. The van der Waals surface area contributed by atoms with Gasteiger partial charge in [-0.2, -0.15) is 0 Å². The van der Waals surface area contributed by atoms with Crippen LogP contribution in [0.1, 0.15) is 0 Å². The molecule has 0 aliphatic rings. The van der Waals surface area contributed by atoms with Crippen LogP contribution in [0.15, 0.2) is 158 Å². The number of fused-ring (bicyclic) bond motifs is 12. The number of hydrogen-bond donors (Lipinski definition) is 0. The van der Waals surface area contributed by atoms with Crippen LogP contribution in [0, 0.1) is 0 Å². The van der Waals surface area contributed by atoms with E-state index < -0.39 is 0 Å². The third kappa shape index (κ3) is 3.76. The second-order valence-electron chi connectivity index (χ2n) is 12.8. The lowest BCUT2D eigenvalue weighted by molar-refractivity contribution is 1.43. The number of hydrogen-bond acceptors (Lipinski definition) is 3. The van der Waals surface area contributed by atoms with Crippen molar-refractivity contribution in [1.82, 2.24) is 9.97 Å². The molecule has 0 unspecified atom stereocenters. The summed E-state index contributed by atoms with van der Waals surface area (Å²) in [5.41, 5.74) is 6.73. The van der Waals surface area contributed by atoms with Gasteiger partial charge in [-0.25, -0.2) is 4.98 Å². The Morgan fingerprint density at radius 2 is 1.04 bits per heavy atom. The molecule has 3 heterocycles. The van der Waals surface area contributed by atoms with E-state index in [1.54, 1.807) is 0 Å². The van der Waals surface area contributed by atoms with Crippen molar-refractivity contribution < 1.29 is 0 Å². The van der Waals surface area contributed by atoms with Gasteiger partial charge < -0.3 is 0 Å². The van der Waals surface area contributed by atoms with E-state index in [0.717, 1.165) is 32.9 Å². The molecule has 0 amide bonds. The van der Waals surface area contributed by atoms with E-state index in [2.05, 4.69) is 146 Å². The molecule has 11 aromatic rings. The molecule has 3 heteroatoms. The molecule has 226 valence electrons. The maximum atomic E-state index is 5.52. The number of para-hydroxylation sites is 1. The van der Waals surface area contributed by atoms with Gasteiger partial charge in [-0.1, -0.05) is 133 Å². The standard InChI is InChI=1S/C46H26N2S/c1-3-15-32-30(13-1)41(37-19-9-18-34-29-12-6-8-21-39(29)49-46(34)37)31-14-2-4-16-33(31)43(32)45-36-25-24-27-22-23-28-11-10-26-47-44(28)40(27)42(36)35-17-5-7-20-38(35)48-45/h1-26H. The molecule has 2 nitrogen and oxygen atoms in total. The molecule has 8 aromatic carbocycles. The quantitative estimate of drug-likeness (QED) is 0.139. The number of aromatic nitrogens is 2. The van der Waals surface area contributed by atoms with Gasteiger partial charge >= 0.3 is 0 Å². The summed E-state index contributed by atoms with van der Waals surface area (Å²) < 4.78 is 2.64. The van der Waals surface area contributed by atoms with E-state index in [4.69, 9.17) is 9.97 Å². The zero-order chi connectivity index (χ0) is 32.1. The van der Waals surface area contributed by atoms with Gasteiger partial charge in [-0.3, -0.25) is 4.98 Å². The third-order valence-electron chi connectivity index (χ3n) is 10.3. The monoisotopic (exact) mass is 638 g/mol. The molecular weight excluding hydrogens is 613 g/mol. The smallest absolute Gasteiger partial charge is 0.0800 e. The SMILES string of the molecule is c1cnc2c(c1)ccc1ccc3c(-c4c5ccccc5c(-c5cccc6c5sc5ccccc56)c5ccccc45)nc4ccccc4c3c12. The van der Waals surface area contributed by atoms with Crippen LogP contribution in [0.5, 0.6) is 0 Å². The van der Waals surface area contributed by atoms with Crippen LogP contribution in [-0.4, -0.2) is 9.97 Å². The summed E-state index contributed by atoms with van der Waals surface area (Å²) >= 11 is 1.89. The molecule has 0 aliphatic carbocycles. The highest BCUT2D eigenvalue weighted by atomic mass is 32.1. The van der Waals surface area contributed by atoms with Crippen LogP contribution >= 0.6 is 11.3 Å². The summed E-state index contributed by atoms with van der Waals surface area (Å²) in [6, 6.07) is 55.1. The summed E-state index contributed by atoms with van der Waals surface area (Å²) in [7, 11) is 0. The van der Waals surface area contributed by atoms with Crippen molar-refractivity contribution in [3.05, 3.63) is 158 Å². The van der Waals surface area contributed by atoms with Crippen molar-refractivity contribution in [3.63, 3.8) is 0 Å². The Kier molecular flexibility index (Phi) is 5.57. The molecule has 0 fully saturated rings. The number of nitrogens with zero attached hydrogens (tertiary/aromatic N) is 2. The fourth-order valence-corrected chi connectivity index (χ4v) is 9.42. The highest BCUT2D eigenvalue weighted by molar-refractivity contribution is 7.26. The van der Waals surface area contributed by atoms with Crippen LogP contribution in [0.2, 0.25) is 0 Å². The van der Waals surface area contributed by atoms with Crippen molar-refractivity contribution in [2.24, 2.45) is 0 Å². The predicted molar refractivity (Wildman–Crippen MR) is 211 cm³/mol. The molecule has 0 N–H and O–H groups in total. The summed E-state index contributed by atoms with van der Waals surface area (Å²) in [5, 5.41) is 14.5. The van der Waals surface area contributed by atoms with Crippen LogP contribution in [-0.2, 0) is 0 Å². The average Bonchev–Trinajstić information content (AvgIpc) is 3.55. The van der Waals surface area contributed by atoms with Gasteiger partial charge in [0.2, 0.25) is 0 Å². The van der Waals surface area contributed by atoms with Crippen molar-refractivity contribution in [2.45, 2.75) is 0 Å². The Balaban J connectivity index is 1.33. The summed E-state index contributed by atoms with van der Waals surface area (Å²) in [6.07, 6.45) is 1.90. The molecule has 49 heavy (non-hydrogen) atoms. The molecule has 0 saturated carbocycles. The van der Waals surface area contributed by atoms with E-state index in [0.29, 0.717) is 0 Å². The minimum Gasteiger partial charge on any atom is -0.256 e. The fourth-order valence-electron chi connectivity index (χ4n) is 8.20. The number of benzene rings is 8. The maximum absolute atomic E-state index is 5.52. The van der Waals surface area contributed by atoms with Gasteiger partial charge in [-0.15, -0.1) is 11.3 Å². The molecule has 0 radical (unpaired) electrons. The van der Waals surface area contributed by atoms with Gasteiger partial charge in [0.1, 0.15) is 0 Å². The van der Waals surface area contributed by atoms with Crippen molar-refractivity contribution in [1.29, 1.82) is 0 Å². The van der Waals surface area contributed by atoms with Gasteiger partial charge in [0, 0.05) is 64.4 Å².